The molecule has 0 spiro atoms. The third-order valence-electron chi connectivity index (χ3n) is 5.04. The number of aromatic nitrogens is 3. The van der Waals surface area contributed by atoms with Crippen LogP contribution >= 0.6 is 0 Å². The van der Waals surface area contributed by atoms with Gasteiger partial charge in [0.05, 0.1) is 13.7 Å². The normalized spacial score (nSPS) is 10.9. The fraction of sp³-hybridized carbons (Fsp3) is 0.208. The van der Waals surface area contributed by atoms with Gasteiger partial charge in [0, 0.05) is 25.6 Å². The first-order chi connectivity index (χ1) is 15.1. The Kier molecular flexibility index (Phi) is 6.21. The van der Waals surface area contributed by atoms with Gasteiger partial charge in [0.1, 0.15) is 22.9 Å². The van der Waals surface area contributed by atoms with Crippen LogP contribution in [0.1, 0.15) is 23.4 Å². The molecule has 0 atom stereocenters. The molecule has 0 aliphatic heterocycles. The standard InChI is InChI=1S/C24H23FN4O2/c1-31-20-9-7-17(8-10-20)15-27-23(30)12-11-22-28-21-6-3-13-26-24(21)29(22)16-18-4-2-5-19(25)14-18/h2-10,13-14H,11-12,15-16H2,1H3,(H,27,30). The van der Waals surface area contributed by atoms with E-state index in [0.29, 0.717) is 25.9 Å². The van der Waals surface area contributed by atoms with Gasteiger partial charge in [-0.15, -0.1) is 0 Å². The molecule has 4 rings (SSSR count). The van der Waals surface area contributed by atoms with Crippen molar-refractivity contribution in [3.8, 4) is 5.75 Å². The number of nitrogens with one attached hydrogen (secondary N) is 1. The first kappa shape index (κ1) is 20.5. The second-order valence-electron chi connectivity index (χ2n) is 7.22. The zero-order valence-electron chi connectivity index (χ0n) is 17.2. The highest BCUT2D eigenvalue weighted by atomic mass is 19.1. The summed E-state index contributed by atoms with van der Waals surface area (Å²) in [6.07, 6.45) is 2.46. The van der Waals surface area contributed by atoms with Crippen LogP contribution in [0.2, 0.25) is 0 Å². The lowest BCUT2D eigenvalue weighted by atomic mass is 10.2. The lowest BCUT2D eigenvalue weighted by Gasteiger charge is -2.10. The van der Waals surface area contributed by atoms with Crippen LogP contribution in [0.5, 0.6) is 5.75 Å². The number of ether oxygens (including phenoxy) is 1. The molecule has 4 aromatic rings. The highest BCUT2D eigenvalue weighted by Crippen LogP contribution is 2.18. The summed E-state index contributed by atoms with van der Waals surface area (Å²) in [7, 11) is 1.62. The molecule has 0 saturated carbocycles. The maximum absolute atomic E-state index is 13.6. The summed E-state index contributed by atoms with van der Waals surface area (Å²) >= 11 is 0. The molecule has 31 heavy (non-hydrogen) atoms. The molecule has 0 aliphatic rings. The molecular formula is C24H23FN4O2. The second kappa shape index (κ2) is 9.38. The van der Waals surface area contributed by atoms with Gasteiger partial charge in [-0.1, -0.05) is 24.3 Å². The maximum Gasteiger partial charge on any atom is 0.220 e. The van der Waals surface area contributed by atoms with Gasteiger partial charge in [0.15, 0.2) is 5.65 Å². The van der Waals surface area contributed by atoms with Crippen molar-refractivity contribution in [3.63, 3.8) is 0 Å². The topological polar surface area (TPSA) is 69.0 Å². The lowest BCUT2D eigenvalue weighted by Crippen LogP contribution is -2.23. The van der Waals surface area contributed by atoms with Gasteiger partial charge in [-0.05, 0) is 47.5 Å². The third-order valence-corrected chi connectivity index (χ3v) is 5.04. The Morgan fingerprint density at radius 1 is 1.10 bits per heavy atom. The van der Waals surface area contributed by atoms with Crippen molar-refractivity contribution < 1.29 is 13.9 Å². The number of pyridine rings is 1. The Labute approximate surface area is 179 Å². The Morgan fingerprint density at radius 2 is 1.94 bits per heavy atom. The van der Waals surface area contributed by atoms with Crippen molar-refractivity contribution in [3.05, 3.63) is 89.6 Å². The molecule has 2 heterocycles. The first-order valence-corrected chi connectivity index (χ1v) is 10.1. The van der Waals surface area contributed by atoms with E-state index in [1.54, 1.807) is 19.4 Å². The predicted molar refractivity (Wildman–Crippen MR) is 116 cm³/mol. The summed E-state index contributed by atoms with van der Waals surface area (Å²) in [6.45, 7) is 0.887. The van der Waals surface area contributed by atoms with E-state index in [2.05, 4.69) is 15.3 Å². The Balaban J connectivity index is 1.44. The molecule has 0 aliphatic carbocycles. The molecule has 7 heteroatoms. The van der Waals surface area contributed by atoms with E-state index in [0.717, 1.165) is 33.9 Å². The molecule has 2 aromatic heterocycles. The van der Waals surface area contributed by atoms with E-state index in [4.69, 9.17) is 4.74 Å². The molecule has 0 bridgehead atoms. The number of methoxy groups -OCH3 is 1. The molecule has 158 valence electrons. The number of imidazole rings is 1. The van der Waals surface area contributed by atoms with Crippen molar-refractivity contribution >= 4 is 17.1 Å². The van der Waals surface area contributed by atoms with Crippen LogP contribution in [0.3, 0.4) is 0 Å². The van der Waals surface area contributed by atoms with Gasteiger partial charge in [-0.25, -0.2) is 14.4 Å². The van der Waals surface area contributed by atoms with Crippen LogP contribution in [-0.2, 0) is 24.3 Å². The van der Waals surface area contributed by atoms with Crippen LogP contribution in [0.25, 0.3) is 11.2 Å². The third kappa shape index (κ3) is 5.06. The fourth-order valence-corrected chi connectivity index (χ4v) is 3.44. The number of nitrogens with zero attached hydrogens (tertiary/aromatic N) is 3. The zero-order chi connectivity index (χ0) is 21.6. The number of carbonyl (C=O) groups excluding carboxylic acids is 1. The number of hydrogen-bond acceptors (Lipinski definition) is 4. The van der Waals surface area contributed by atoms with E-state index >= 15 is 0 Å². The Hall–Kier alpha value is -3.74. The van der Waals surface area contributed by atoms with Gasteiger partial charge in [-0.2, -0.15) is 0 Å². The number of benzene rings is 2. The number of aryl methyl sites for hydroxylation is 1. The quantitative estimate of drug-likeness (QED) is 0.472. The smallest absolute Gasteiger partial charge is 0.220 e. The van der Waals surface area contributed by atoms with E-state index in [9.17, 15) is 9.18 Å². The number of fused-ring (bicyclic) bond motifs is 1. The van der Waals surface area contributed by atoms with E-state index in [-0.39, 0.29) is 11.7 Å². The van der Waals surface area contributed by atoms with E-state index in [1.165, 1.54) is 12.1 Å². The molecule has 1 N–H and O–H groups in total. The minimum absolute atomic E-state index is 0.0619. The van der Waals surface area contributed by atoms with Gasteiger partial charge in [-0.3, -0.25) is 4.79 Å². The van der Waals surface area contributed by atoms with E-state index in [1.807, 2.05) is 47.0 Å². The second-order valence-corrected chi connectivity index (χ2v) is 7.22. The average Bonchev–Trinajstić information content (AvgIpc) is 3.14. The van der Waals surface area contributed by atoms with Crippen molar-refractivity contribution in [2.45, 2.75) is 25.9 Å². The summed E-state index contributed by atoms with van der Waals surface area (Å²) < 4.78 is 20.7. The zero-order valence-corrected chi connectivity index (χ0v) is 17.2. The highest BCUT2D eigenvalue weighted by molar-refractivity contribution is 5.76. The Bertz CT molecular complexity index is 1190. The van der Waals surface area contributed by atoms with Gasteiger partial charge >= 0.3 is 0 Å². The SMILES string of the molecule is COc1ccc(CNC(=O)CCc2nc3cccnc3n2Cc2cccc(F)c2)cc1. The number of rotatable bonds is 8. The highest BCUT2D eigenvalue weighted by Gasteiger charge is 2.14. The summed E-state index contributed by atoms with van der Waals surface area (Å²) in [4.78, 5) is 21.5. The van der Waals surface area contributed by atoms with Gasteiger partial charge in [0.2, 0.25) is 5.91 Å². The van der Waals surface area contributed by atoms with Crippen LogP contribution in [0, 0.1) is 5.82 Å². The Morgan fingerprint density at radius 3 is 2.71 bits per heavy atom. The number of halogens is 1. The van der Waals surface area contributed by atoms with Gasteiger partial charge < -0.3 is 14.6 Å². The van der Waals surface area contributed by atoms with Crippen LogP contribution < -0.4 is 10.1 Å². The molecule has 0 saturated heterocycles. The molecule has 2 aromatic carbocycles. The number of hydrogen-bond donors (Lipinski definition) is 1. The maximum atomic E-state index is 13.6. The molecule has 0 unspecified atom stereocenters. The van der Waals surface area contributed by atoms with Gasteiger partial charge in [0.25, 0.3) is 0 Å². The molecular weight excluding hydrogens is 395 g/mol. The molecule has 6 nitrogen and oxygen atoms in total. The van der Waals surface area contributed by atoms with Crippen molar-refractivity contribution in [1.82, 2.24) is 19.9 Å². The first-order valence-electron chi connectivity index (χ1n) is 10.1. The van der Waals surface area contributed by atoms with Crippen LogP contribution in [-0.4, -0.2) is 27.6 Å². The predicted octanol–water partition coefficient (Wildman–Crippen LogP) is 3.88. The summed E-state index contributed by atoms with van der Waals surface area (Å²) in [5.74, 6) is 1.18. The largest absolute Gasteiger partial charge is 0.497 e. The molecule has 1 amide bonds. The van der Waals surface area contributed by atoms with Crippen molar-refractivity contribution in [2.75, 3.05) is 7.11 Å². The molecule has 0 fully saturated rings. The van der Waals surface area contributed by atoms with E-state index < -0.39 is 0 Å². The van der Waals surface area contributed by atoms with Crippen molar-refractivity contribution in [2.24, 2.45) is 0 Å². The molecule has 0 radical (unpaired) electrons. The average molecular weight is 418 g/mol. The van der Waals surface area contributed by atoms with Crippen molar-refractivity contribution in [1.29, 1.82) is 0 Å². The minimum atomic E-state index is -0.283. The fourth-order valence-electron chi connectivity index (χ4n) is 3.44. The summed E-state index contributed by atoms with van der Waals surface area (Å²) in [5.41, 5.74) is 3.29. The summed E-state index contributed by atoms with van der Waals surface area (Å²) in [6, 6.07) is 17.7. The number of carbonyl (C=O) groups is 1. The minimum Gasteiger partial charge on any atom is -0.497 e. The number of amides is 1. The monoisotopic (exact) mass is 418 g/mol. The summed E-state index contributed by atoms with van der Waals surface area (Å²) in [5, 5.41) is 2.94. The van der Waals surface area contributed by atoms with Crippen LogP contribution in [0.4, 0.5) is 4.39 Å². The van der Waals surface area contributed by atoms with Crippen LogP contribution in [0.15, 0.2) is 66.9 Å². The lowest BCUT2D eigenvalue weighted by molar-refractivity contribution is -0.121.